The SMILES string of the molecule is Cc1ccc(N[C@@H]2CCCCNC2=O)cc1Cl. The molecule has 1 aliphatic rings. The van der Waals surface area contributed by atoms with Crippen LogP contribution in [0.2, 0.25) is 5.02 Å². The molecule has 1 amide bonds. The van der Waals surface area contributed by atoms with Gasteiger partial charge in [0.25, 0.3) is 0 Å². The van der Waals surface area contributed by atoms with Crippen LogP contribution in [0, 0.1) is 6.92 Å². The van der Waals surface area contributed by atoms with E-state index in [4.69, 9.17) is 11.6 Å². The molecule has 4 heteroatoms. The van der Waals surface area contributed by atoms with Gasteiger partial charge in [0.2, 0.25) is 5.91 Å². The fourth-order valence-corrected chi connectivity index (χ4v) is 2.14. The highest BCUT2D eigenvalue weighted by molar-refractivity contribution is 6.31. The number of hydrogen-bond donors (Lipinski definition) is 2. The van der Waals surface area contributed by atoms with Gasteiger partial charge in [-0.05, 0) is 43.9 Å². The molecule has 0 aliphatic carbocycles. The van der Waals surface area contributed by atoms with Crippen molar-refractivity contribution in [1.29, 1.82) is 0 Å². The number of aryl methyl sites for hydroxylation is 1. The van der Waals surface area contributed by atoms with Crippen molar-refractivity contribution in [3.8, 4) is 0 Å². The van der Waals surface area contributed by atoms with Crippen LogP contribution in [0.15, 0.2) is 18.2 Å². The number of benzene rings is 1. The standard InChI is InChI=1S/C13H17ClN2O/c1-9-5-6-10(8-11(9)14)16-12-4-2-3-7-15-13(12)17/h5-6,8,12,16H,2-4,7H2,1H3,(H,15,17)/t12-/m1/s1. The van der Waals surface area contributed by atoms with Crippen LogP contribution in [-0.2, 0) is 4.79 Å². The highest BCUT2D eigenvalue weighted by Gasteiger charge is 2.20. The average Bonchev–Trinajstić information content (AvgIpc) is 2.50. The van der Waals surface area contributed by atoms with E-state index in [9.17, 15) is 4.79 Å². The smallest absolute Gasteiger partial charge is 0.242 e. The van der Waals surface area contributed by atoms with Crippen LogP contribution in [0.4, 0.5) is 5.69 Å². The highest BCUT2D eigenvalue weighted by atomic mass is 35.5. The van der Waals surface area contributed by atoms with Gasteiger partial charge in [-0.2, -0.15) is 0 Å². The minimum atomic E-state index is -0.142. The number of hydrogen-bond acceptors (Lipinski definition) is 2. The fraction of sp³-hybridized carbons (Fsp3) is 0.462. The highest BCUT2D eigenvalue weighted by Crippen LogP contribution is 2.21. The van der Waals surface area contributed by atoms with Crippen LogP contribution < -0.4 is 10.6 Å². The van der Waals surface area contributed by atoms with Crippen molar-refractivity contribution in [3.05, 3.63) is 28.8 Å². The summed E-state index contributed by atoms with van der Waals surface area (Å²) in [6.07, 6.45) is 2.99. The lowest BCUT2D eigenvalue weighted by Crippen LogP contribution is -2.37. The molecule has 0 radical (unpaired) electrons. The number of carbonyl (C=O) groups excluding carboxylic acids is 1. The Bertz CT molecular complexity index is 420. The van der Waals surface area contributed by atoms with Gasteiger partial charge in [0.05, 0.1) is 0 Å². The molecule has 0 bridgehead atoms. The average molecular weight is 253 g/mol. The molecule has 17 heavy (non-hydrogen) atoms. The minimum Gasteiger partial charge on any atom is -0.374 e. The van der Waals surface area contributed by atoms with Crippen molar-refractivity contribution in [2.24, 2.45) is 0 Å². The Morgan fingerprint density at radius 3 is 3.00 bits per heavy atom. The van der Waals surface area contributed by atoms with Gasteiger partial charge >= 0.3 is 0 Å². The minimum absolute atomic E-state index is 0.0826. The lowest BCUT2D eigenvalue weighted by Gasteiger charge is -2.17. The van der Waals surface area contributed by atoms with Crippen molar-refractivity contribution in [2.45, 2.75) is 32.2 Å². The molecule has 92 valence electrons. The fourth-order valence-electron chi connectivity index (χ4n) is 1.96. The molecule has 1 saturated heterocycles. The summed E-state index contributed by atoms with van der Waals surface area (Å²) in [7, 11) is 0. The number of nitrogens with one attached hydrogen (secondary N) is 2. The molecule has 0 unspecified atom stereocenters. The van der Waals surface area contributed by atoms with E-state index in [-0.39, 0.29) is 11.9 Å². The van der Waals surface area contributed by atoms with Crippen LogP contribution in [0.3, 0.4) is 0 Å². The van der Waals surface area contributed by atoms with E-state index < -0.39 is 0 Å². The van der Waals surface area contributed by atoms with E-state index in [0.29, 0.717) is 0 Å². The molecule has 3 nitrogen and oxygen atoms in total. The number of halogens is 1. The molecule has 2 N–H and O–H groups in total. The van der Waals surface area contributed by atoms with E-state index in [2.05, 4.69) is 10.6 Å². The van der Waals surface area contributed by atoms with Gasteiger partial charge in [0.15, 0.2) is 0 Å². The van der Waals surface area contributed by atoms with Crippen molar-refractivity contribution >= 4 is 23.2 Å². The Kier molecular flexibility index (Phi) is 3.89. The van der Waals surface area contributed by atoms with Gasteiger partial charge in [-0.1, -0.05) is 17.7 Å². The molecule has 1 aromatic carbocycles. The molecular formula is C13H17ClN2O. The molecule has 1 atom stereocenters. The summed E-state index contributed by atoms with van der Waals surface area (Å²) in [5.41, 5.74) is 1.95. The van der Waals surface area contributed by atoms with Gasteiger partial charge in [0.1, 0.15) is 6.04 Å². The van der Waals surface area contributed by atoms with E-state index in [0.717, 1.165) is 42.1 Å². The molecule has 1 fully saturated rings. The van der Waals surface area contributed by atoms with Crippen molar-refractivity contribution in [1.82, 2.24) is 5.32 Å². The number of anilines is 1. The third-order valence-electron chi connectivity index (χ3n) is 3.05. The lowest BCUT2D eigenvalue weighted by atomic mass is 10.1. The maximum atomic E-state index is 11.8. The summed E-state index contributed by atoms with van der Waals surface area (Å²) in [5.74, 6) is 0.0826. The van der Waals surface area contributed by atoms with E-state index in [1.807, 2.05) is 25.1 Å². The predicted octanol–water partition coefficient (Wildman–Crippen LogP) is 2.73. The monoisotopic (exact) mass is 252 g/mol. The summed E-state index contributed by atoms with van der Waals surface area (Å²) in [6, 6.07) is 5.64. The van der Waals surface area contributed by atoms with Crippen LogP contribution in [0.5, 0.6) is 0 Å². The second-order valence-electron chi connectivity index (χ2n) is 4.45. The number of amides is 1. The zero-order chi connectivity index (χ0) is 12.3. The molecular weight excluding hydrogens is 236 g/mol. The topological polar surface area (TPSA) is 41.1 Å². The quantitative estimate of drug-likeness (QED) is 0.850. The molecule has 0 saturated carbocycles. The van der Waals surface area contributed by atoms with Gasteiger partial charge in [-0.25, -0.2) is 0 Å². The zero-order valence-corrected chi connectivity index (χ0v) is 10.7. The van der Waals surface area contributed by atoms with E-state index >= 15 is 0 Å². The first-order valence-electron chi connectivity index (χ1n) is 5.97. The Labute approximate surface area is 107 Å². The first-order chi connectivity index (χ1) is 8.16. The molecule has 1 aliphatic heterocycles. The molecule has 1 heterocycles. The molecule has 1 aromatic rings. The van der Waals surface area contributed by atoms with Crippen LogP contribution in [0.25, 0.3) is 0 Å². The van der Waals surface area contributed by atoms with Crippen LogP contribution >= 0.6 is 11.6 Å². The second-order valence-corrected chi connectivity index (χ2v) is 4.85. The summed E-state index contributed by atoms with van der Waals surface area (Å²) in [6.45, 7) is 2.75. The van der Waals surface area contributed by atoms with Crippen molar-refractivity contribution in [2.75, 3.05) is 11.9 Å². The van der Waals surface area contributed by atoms with Gasteiger partial charge in [-0.15, -0.1) is 0 Å². The van der Waals surface area contributed by atoms with E-state index in [1.165, 1.54) is 0 Å². The Hall–Kier alpha value is -1.22. The summed E-state index contributed by atoms with van der Waals surface area (Å²) < 4.78 is 0. The molecule has 2 rings (SSSR count). The third-order valence-corrected chi connectivity index (χ3v) is 3.46. The third kappa shape index (κ3) is 3.13. The van der Waals surface area contributed by atoms with Gasteiger partial charge < -0.3 is 10.6 Å². The zero-order valence-electron chi connectivity index (χ0n) is 9.92. The number of carbonyl (C=O) groups is 1. The van der Waals surface area contributed by atoms with Crippen LogP contribution in [0.1, 0.15) is 24.8 Å². The Morgan fingerprint density at radius 2 is 2.24 bits per heavy atom. The maximum Gasteiger partial charge on any atom is 0.242 e. The summed E-state index contributed by atoms with van der Waals surface area (Å²) >= 11 is 6.06. The normalized spacial score (nSPS) is 20.6. The maximum absolute atomic E-state index is 11.8. The summed E-state index contributed by atoms with van der Waals surface area (Å²) in [5, 5.41) is 6.87. The van der Waals surface area contributed by atoms with Gasteiger partial charge in [0, 0.05) is 17.3 Å². The summed E-state index contributed by atoms with van der Waals surface area (Å²) in [4.78, 5) is 11.8. The first kappa shape index (κ1) is 12.2. The van der Waals surface area contributed by atoms with Gasteiger partial charge in [-0.3, -0.25) is 4.79 Å². The molecule has 0 aromatic heterocycles. The van der Waals surface area contributed by atoms with Crippen molar-refractivity contribution < 1.29 is 4.79 Å². The molecule has 0 spiro atoms. The Morgan fingerprint density at radius 1 is 1.41 bits per heavy atom. The first-order valence-corrected chi connectivity index (χ1v) is 6.35. The van der Waals surface area contributed by atoms with Crippen LogP contribution in [-0.4, -0.2) is 18.5 Å². The lowest BCUT2D eigenvalue weighted by molar-refractivity contribution is -0.121. The number of rotatable bonds is 2. The Balaban J connectivity index is 2.08. The second kappa shape index (κ2) is 5.41. The largest absolute Gasteiger partial charge is 0.374 e. The van der Waals surface area contributed by atoms with E-state index in [1.54, 1.807) is 0 Å². The predicted molar refractivity (Wildman–Crippen MR) is 70.5 cm³/mol. The van der Waals surface area contributed by atoms with Crippen molar-refractivity contribution in [3.63, 3.8) is 0 Å².